The van der Waals surface area contributed by atoms with Gasteiger partial charge in [-0.05, 0) is 37.3 Å². The van der Waals surface area contributed by atoms with E-state index in [0.717, 1.165) is 17.0 Å². The van der Waals surface area contributed by atoms with Crippen molar-refractivity contribution in [3.05, 3.63) is 72.7 Å². The number of hydrogen-bond donors (Lipinski definition) is 1. The highest BCUT2D eigenvalue weighted by atomic mass is 16.6. The Labute approximate surface area is 166 Å². The molecule has 1 aliphatic rings. The third-order valence-electron chi connectivity index (χ3n) is 4.85. The highest BCUT2D eigenvalue weighted by molar-refractivity contribution is 5.95. The second kappa shape index (κ2) is 6.94. The van der Waals surface area contributed by atoms with Gasteiger partial charge >= 0.3 is 0 Å². The van der Waals surface area contributed by atoms with Gasteiger partial charge in [0.25, 0.3) is 5.91 Å². The van der Waals surface area contributed by atoms with Crippen LogP contribution in [0.2, 0.25) is 0 Å². The molecule has 0 aliphatic carbocycles. The molecule has 0 saturated heterocycles. The topological polar surface area (TPSA) is 77.8 Å². The number of anilines is 1. The van der Waals surface area contributed by atoms with Crippen LogP contribution in [0.3, 0.4) is 0 Å². The van der Waals surface area contributed by atoms with Crippen molar-refractivity contribution in [2.45, 2.75) is 13.0 Å². The minimum absolute atomic E-state index is 0.166. The molecule has 3 heterocycles. The number of aryl methyl sites for hydroxylation is 1. The van der Waals surface area contributed by atoms with Crippen LogP contribution in [-0.4, -0.2) is 33.0 Å². The summed E-state index contributed by atoms with van der Waals surface area (Å²) in [6, 6.07) is 16.8. The first-order chi connectivity index (χ1) is 14.2. The van der Waals surface area contributed by atoms with Gasteiger partial charge in [-0.25, -0.2) is 9.97 Å². The Morgan fingerprint density at radius 3 is 2.86 bits per heavy atom. The van der Waals surface area contributed by atoms with Gasteiger partial charge in [-0.15, -0.1) is 0 Å². The van der Waals surface area contributed by atoms with Gasteiger partial charge in [0.1, 0.15) is 6.61 Å². The van der Waals surface area contributed by atoms with E-state index in [1.54, 1.807) is 12.3 Å². The van der Waals surface area contributed by atoms with Crippen LogP contribution in [0.25, 0.3) is 17.0 Å². The molecule has 0 saturated carbocycles. The number of fused-ring (bicyclic) bond motifs is 2. The average molecular weight is 386 g/mol. The number of para-hydroxylation sites is 2. The number of carbonyl (C=O) groups excluding carboxylic acids is 1. The van der Waals surface area contributed by atoms with Gasteiger partial charge < -0.3 is 14.8 Å². The maximum Gasteiger partial charge on any atom is 0.269 e. The van der Waals surface area contributed by atoms with Gasteiger partial charge in [0.2, 0.25) is 11.9 Å². The maximum absolute atomic E-state index is 12.7. The van der Waals surface area contributed by atoms with Crippen LogP contribution in [0, 0.1) is 6.92 Å². The van der Waals surface area contributed by atoms with Crippen LogP contribution < -0.4 is 14.8 Å². The highest BCUT2D eigenvalue weighted by Gasteiger charge is 2.27. The Morgan fingerprint density at radius 2 is 2.00 bits per heavy atom. The molecule has 1 N–H and O–H groups in total. The molecular formula is C22H18N4O3. The van der Waals surface area contributed by atoms with Crippen molar-refractivity contribution in [3.63, 3.8) is 0 Å². The third kappa shape index (κ3) is 3.16. The highest BCUT2D eigenvalue weighted by Crippen LogP contribution is 2.31. The molecule has 0 unspecified atom stereocenters. The zero-order valence-electron chi connectivity index (χ0n) is 15.7. The summed E-state index contributed by atoms with van der Waals surface area (Å²) in [6.07, 6.45) is 2.93. The zero-order valence-corrected chi connectivity index (χ0v) is 15.7. The van der Waals surface area contributed by atoms with Crippen molar-refractivity contribution in [1.29, 1.82) is 0 Å². The molecule has 29 heavy (non-hydrogen) atoms. The molecule has 0 bridgehead atoms. The van der Waals surface area contributed by atoms with E-state index in [2.05, 4.69) is 15.3 Å². The van der Waals surface area contributed by atoms with Crippen molar-refractivity contribution in [2.24, 2.45) is 0 Å². The molecule has 0 fully saturated rings. The van der Waals surface area contributed by atoms with Gasteiger partial charge in [-0.3, -0.25) is 9.20 Å². The number of ether oxygens (including phenoxy) is 2. The fourth-order valence-corrected chi connectivity index (χ4v) is 3.39. The molecular weight excluding hydrogens is 368 g/mol. The summed E-state index contributed by atoms with van der Waals surface area (Å²) in [4.78, 5) is 21.6. The summed E-state index contributed by atoms with van der Waals surface area (Å²) in [7, 11) is 0. The van der Waals surface area contributed by atoms with Gasteiger partial charge in [0.15, 0.2) is 11.5 Å². The lowest BCUT2D eigenvalue weighted by molar-refractivity contribution is -0.125. The van der Waals surface area contributed by atoms with Crippen molar-refractivity contribution >= 4 is 17.4 Å². The lowest BCUT2D eigenvalue weighted by Crippen LogP contribution is -2.40. The first kappa shape index (κ1) is 17.2. The lowest BCUT2D eigenvalue weighted by atomic mass is 10.1. The molecule has 0 radical (unpaired) electrons. The Kier molecular flexibility index (Phi) is 4.13. The second-order valence-electron chi connectivity index (χ2n) is 6.77. The molecule has 144 valence electrons. The number of imidazole rings is 1. The minimum atomic E-state index is -0.713. The average Bonchev–Trinajstić information content (AvgIpc) is 3.10. The number of aromatic nitrogens is 3. The molecule has 7 heteroatoms. The van der Waals surface area contributed by atoms with Crippen LogP contribution in [0.5, 0.6) is 11.5 Å². The Hall–Kier alpha value is -3.87. The Balaban J connectivity index is 1.37. The van der Waals surface area contributed by atoms with Crippen LogP contribution in [0.4, 0.5) is 5.69 Å². The van der Waals surface area contributed by atoms with E-state index < -0.39 is 6.10 Å². The van der Waals surface area contributed by atoms with Gasteiger partial charge in [-0.2, -0.15) is 0 Å². The number of hydrogen-bond acceptors (Lipinski definition) is 5. The fourth-order valence-electron chi connectivity index (χ4n) is 3.39. The van der Waals surface area contributed by atoms with Gasteiger partial charge in [0.05, 0.1) is 5.69 Å². The molecule has 2 aromatic heterocycles. The maximum atomic E-state index is 12.7. The summed E-state index contributed by atoms with van der Waals surface area (Å²) < 4.78 is 13.3. The molecule has 1 atom stereocenters. The normalized spacial score (nSPS) is 15.3. The standard InChI is InChI=1S/C22H18N4O3/c1-14-20(25-22-23-10-5-11-26(14)22)15-6-4-7-16(12-15)24-21(27)19-13-28-17-8-2-3-9-18(17)29-19/h2-12,19H,13H2,1H3,(H,24,27)/t19-/m0/s1. The largest absolute Gasteiger partial charge is 0.485 e. The molecule has 7 nitrogen and oxygen atoms in total. The van der Waals surface area contributed by atoms with Crippen molar-refractivity contribution < 1.29 is 14.3 Å². The zero-order chi connectivity index (χ0) is 19.8. The molecule has 1 amide bonds. The first-order valence-electron chi connectivity index (χ1n) is 9.28. The van der Waals surface area contributed by atoms with Crippen molar-refractivity contribution in [1.82, 2.24) is 14.4 Å². The first-order valence-corrected chi connectivity index (χ1v) is 9.28. The summed E-state index contributed by atoms with van der Waals surface area (Å²) >= 11 is 0. The lowest BCUT2D eigenvalue weighted by Gasteiger charge is -2.25. The Bertz CT molecular complexity index is 1220. The number of carbonyl (C=O) groups is 1. The van der Waals surface area contributed by atoms with Crippen LogP contribution in [0.1, 0.15) is 5.69 Å². The molecule has 1 aliphatic heterocycles. The van der Waals surface area contributed by atoms with Crippen molar-refractivity contribution in [3.8, 4) is 22.8 Å². The smallest absolute Gasteiger partial charge is 0.269 e. The quantitative estimate of drug-likeness (QED) is 0.583. The number of nitrogens with one attached hydrogen (secondary N) is 1. The van der Waals surface area contributed by atoms with E-state index in [0.29, 0.717) is 23.0 Å². The fraction of sp³-hybridized carbons (Fsp3) is 0.136. The summed E-state index contributed by atoms with van der Waals surface area (Å²) in [5.74, 6) is 1.60. The Morgan fingerprint density at radius 1 is 1.14 bits per heavy atom. The van der Waals surface area contributed by atoms with Crippen molar-refractivity contribution in [2.75, 3.05) is 11.9 Å². The number of amides is 1. The predicted octanol–water partition coefficient (Wildman–Crippen LogP) is 3.48. The van der Waals surface area contributed by atoms with Gasteiger partial charge in [-0.1, -0.05) is 24.3 Å². The van der Waals surface area contributed by atoms with E-state index >= 15 is 0 Å². The number of rotatable bonds is 3. The summed E-state index contributed by atoms with van der Waals surface area (Å²) in [6.45, 7) is 2.16. The predicted molar refractivity (Wildman–Crippen MR) is 108 cm³/mol. The number of nitrogens with zero attached hydrogens (tertiary/aromatic N) is 3. The number of benzene rings is 2. The van der Waals surface area contributed by atoms with E-state index in [1.165, 1.54) is 0 Å². The molecule has 0 spiro atoms. The van der Waals surface area contributed by atoms with E-state index in [1.807, 2.05) is 66.1 Å². The van der Waals surface area contributed by atoms with E-state index in [-0.39, 0.29) is 12.5 Å². The molecule has 2 aromatic carbocycles. The minimum Gasteiger partial charge on any atom is -0.485 e. The summed E-state index contributed by atoms with van der Waals surface area (Å²) in [5.41, 5.74) is 3.37. The SMILES string of the molecule is Cc1c(-c2cccc(NC(=O)[C@@H]3COc4ccccc4O3)c2)nc2ncccn12. The van der Waals surface area contributed by atoms with Crippen LogP contribution >= 0.6 is 0 Å². The molecule has 5 rings (SSSR count). The third-order valence-corrected chi connectivity index (χ3v) is 4.85. The van der Waals surface area contributed by atoms with Crippen LogP contribution in [-0.2, 0) is 4.79 Å². The molecule has 4 aromatic rings. The summed E-state index contributed by atoms with van der Waals surface area (Å²) in [5, 5.41) is 2.91. The van der Waals surface area contributed by atoms with E-state index in [9.17, 15) is 4.79 Å². The van der Waals surface area contributed by atoms with E-state index in [4.69, 9.17) is 9.47 Å². The van der Waals surface area contributed by atoms with Gasteiger partial charge in [0, 0.05) is 29.3 Å². The monoisotopic (exact) mass is 386 g/mol. The second-order valence-corrected chi connectivity index (χ2v) is 6.77. The van der Waals surface area contributed by atoms with Crippen LogP contribution in [0.15, 0.2) is 67.0 Å².